The highest BCUT2D eigenvalue weighted by atomic mass is 32.2. The number of thioether (sulfide) groups is 1. The smallest absolute Gasteiger partial charge is 0.224 e. The van der Waals surface area contributed by atoms with Gasteiger partial charge >= 0.3 is 0 Å². The van der Waals surface area contributed by atoms with Crippen molar-refractivity contribution >= 4 is 23.4 Å². The maximum atomic E-state index is 12.7. The number of hydrogen-bond acceptors (Lipinski definition) is 6. The zero-order valence-corrected chi connectivity index (χ0v) is 20.3. The highest BCUT2D eigenvalue weighted by Crippen LogP contribution is 2.60. The topological polar surface area (TPSA) is 66.0 Å². The van der Waals surface area contributed by atoms with Gasteiger partial charge in [-0.1, -0.05) is 19.9 Å². The van der Waals surface area contributed by atoms with Crippen molar-refractivity contribution in [1.82, 2.24) is 0 Å². The van der Waals surface area contributed by atoms with E-state index in [1.54, 1.807) is 11.8 Å². The number of carbonyl (C=O) groups excluding carboxylic acids is 1. The van der Waals surface area contributed by atoms with Crippen molar-refractivity contribution < 1.29 is 24.0 Å². The molecule has 4 aliphatic heterocycles. The Hall–Kier alpha value is -1.12. The van der Waals surface area contributed by atoms with Gasteiger partial charge in [0.05, 0.1) is 6.10 Å². The fraction of sp³-hybridized carbons (Fsp3) is 0.720. The molecule has 0 radical (unpaired) electrons. The van der Waals surface area contributed by atoms with Crippen LogP contribution in [-0.2, 0) is 24.0 Å². The van der Waals surface area contributed by atoms with Gasteiger partial charge in [0.25, 0.3) is 0 Å². The first kappa shape index (κ1) is 22.7. The second-order valence-corrected chi connectivity index (χ2v) is 11.1. The summed E-state index contributed by atoms with van der Waals surface area (Å²) in [7, 11) is 0. The molecule has 2 bridgehead atoms. The maximum absolute atomic E-state index is 12.7. The van der Waals surface area contributed by atoms with Crippen molar-refractivity contribution in [1.29, 1.82) is 0 Å². The lowest BCUT2D eigenvalue weighted by Gasteiger charge is -2.60. The third kappa shape index (κ3) is 3.80. The maximum Gasteiger partial charge on any atom is 0.224 e. The number of benzene rings is 1. The van der Waals surface area contributed by atoms with Crippen molar-refractivity contribution in [2.24, 2.45) is 23.7 Å². The molecule has 1 N–H and O–H groups in total. The summed E-state index contributed by atoms with van der Waals surface area (Å²) in [6, 6.07) is 7.94. The highest BCUT2D eigenvalue weighted by Gasteiger charge is 2.69. The Morgan fingerprint density at radius 2 is 2.03 bits per heavy atom. The first-order chi connectivity index (χ1) is 15.3. The average Bonchev–Trinajstić information content (AvgIpc) is 3.01. The number of rotatable bonds is 5. The van der Waals surface area contributed by atoms with E-state index >= 15 is 0 Å². The molecule has 0 aromatic heterocycles. The van der Waals surface area contributed by atoms with Crippen LogP contribution in [-0.4, -0.2) is 35.9 Å². The third-order valence-electron chi connectivity index (χ3n) is 8.30. The van der Waals surface area contributed by atoms with Crippen molar-refractivity contribution in [2.75, 3.05) is 11.6 Å². The van der Waals surface area contributed by atoms with Crippen LogP contribution in [0, 0.1) is 23.7 Å². The van der Waals surface area contributed by atoms with E-state index in [4.69, 9.17) is 19.2 Å². The van der Waals surface area contributed by atoms with E-state index in [1.807, 2.05) is 37.4 Å². The summed E-state index contributed by atoms with van der Waals surface area (Å²) in [5.74, 6) is 0.745. The van der Waals surface area contributed by atoms with Gasteiger partial charge < -0.3 is 14.8 Å². The van der Waals surface area contributed by atoms with Crippen LogP contribution in [0.25, 0.3) is 0 Å². The highest BCUT2D eigenvalue weighted by molar-refractivity contribution is 7.98. The van der Waals surface area contributed by atoms with E-state index in [9.17, 15) is 4.79 Å². The quantitative estimate of drug-likeness (QED) is 0.469. The van der Waals surface area contributed by atoms with Gasteiger partial charge in [-0.3, -0.25) is 4.79 Å². The summed E-state index contributed by atoms with van der Waals surface area (Å²) < 4.78 is 13.0. The zero-order valence-electron chi connectivity index (χ0n) is 19.5. The molecule has 1 aromatic carbocycles. The summed E-state index contributed by atoms with van der Waals surface area (Å²) in [6.07, 6.45) is 6.74. The molecule has 5 fully saturated rings. The second-order valence-electron chi connectivity index (χ2n) is 10.3. The molecule has 176 valence electrons. The van der Waals surface area contributed by atoms with Crippen molar-refractivity contribution in [3.05, 3.63) is 24.3 Å². The van der Waals surface area contributed by atoms with Crippen LogP contribution in [0.15, 0.2) is 29.2 Å². The molecule has 4 heterocycles. The van der Waals surface area contributed by atoms with Crippen molar-refractivity contribution in [3.63, 3.8) is 0 Å². The summed E-state index contributed by atoms with van der Waals surface area (Å²) in [5, 5.41) is 3.03. The third-order valence-corrected chi connectivity index (χ3v) is 9.03. The predicted molar refractivity (Wildman–Crippen MR) is 123 cm³/mol. The molecule has 7 heteroatoms. The zero-order chi connectivity index (χ0) is 22.5. The van der Waals surface area contributed by atoms with Crippen LogP contribution < -0.4 is 5.32 Å². The van der Waals surface area contributed by atoms with Gasteiger partial charge in [-0.05, 0) is 74.8 Å². The van der Waals surface area contributed by atoms with E-state index in [0.29, 0.717) is 30.6 Å². The Morgan fingerprint density at radius 3 is 2.84 bits per heavy atom. The van der Waals surface area contributed by atoms with Crippen LogP contribution in [0.1, 0.15) is 59.3 Å². The van der Waals surface area contributed by atoms with Gasteiger partial charge in [0.2, 0.25) is 11.7 Å². The normalized spacial score (nSPS) is 42.8. The lowest BCUT2D eigenvalue weighted by molar-refractivity contribution is -0.571. The number of fused-ring (bicyclic) bond motifs is 2. The molecule has 1 spiro atoms. The summed E-state index contributed by atoms with van der Waals surface area (Å²) in [6.45, 7) is 6.52. The van der Waals surface area contributed by atoms with Gasteiger partial charge in [0, 0.05) is 29.3 Å². The molecule has 0 unspecified atom stereocenters. The summed E-state index contributed by atoms with van der Waals surface area (Å²) in [4.78, 5) is 25.9. The predicted octanol–water partition coefficient (Wildman–Crippen LogP) is 5.38. The van der Waals surface area contributed by atoms with Crippen LogP contribution in [0.2, 0.25) is 0 Å². The van der Waals surface area contributed by atoms with Gasteiger partial charge in [-0.2, -0.15) is 0 Å². The van der Waals surface area contributed by atoms with Crippen molar-refractivity contribution in [3.8, 4) is 0 Å². The largest absolute Gasteiger partial charge is 0.346 e. The molecule has 4 saturated heterocycles. The Bertz CT molecular complexity index is 866. The van der Waals surface area contributed by atoms with E-state index in [2.05, 4.69) is 19.2 Å². The molecule has 1 aromatic rings. The molecular formula is C25H35NO5S. The minimum absolute atomic E-state index is 0.0179. The fourth-order valence-corrected chi connectivity index (χ4v) is 6.97. The number of hydrogen-bond donors (Lipinski definition) is 1. The first-order valence-corrected chi connectivity index (χ1v) is 13.2. The van der Waals surface area contributed by atoms with Gasteiger partial charge in [-0.25, -0.2) is 9.78 Å². The van der Waals surface area contributed by atoms with E-state index in [-0.39, 0.29) is 17.9 Å². The number of nitrogens with one attached hydrogen (secondary N) is 1. The Balaban J connectivity index is 1.29. The number of anilines is 1. The summed E-state index contributed by atoms with van der Waals surface area (Å²) >= 11 is 1.66. The molecule has 6 rings (SSSR count). The van der Waals surface area contributed by atoms with E-state index in [1.165, 1.54) is 6.42 Å². The number of ether oxygens (including phenoxy) is 2. The first-order valence-electron chi connectivity index (χ1n) is 12.0. The minimum atomic E-state index is -0.762. The molecule has 8 atom stereocenters. The Kier molecular flexibility index (Phi) is 6.08. The minimum Gasteiger partial charge on any atom is -0.346 e. The molecule has 5 aliphatic rings. The van der Waals surface area contributed by atoms with Crippen LogP contribution in [0.5, 0.6) is 0 Å². The fourth-order valence-electron chi connectivity index (χ4n) is 6.51. The number of carbonyl (C=O) groups is 1. The van der Waals surface area contributed by atoms with Crippen LogP contribution >= 0.6 is 11.8 Å². The SMILES string of the molecule is CSc1cccc(NC(=O)CC[C@H]2O[C@@H]3O[C@]4(C)CC[C@H]5[C@H](C)CC[C@@H]([C@@H]2C)[C@@]35OO4)c1. The monoisotopic (exact) mass is 461 g/mol. The lowest BCUT2D eigenvalue weighted by Crippen LogP contribution is -2.70. The average molecular weight is 462 g/mol. The Morgan fingerprint density at radius 1 is 1.19 bits per heavy atom. The molecule has 1 saturated carbocycles. The van der Waals surface area contributed by atoms with E-state index < -0.39 is 17.7 Å². The van der Waals surface area contributed by atoms with Crippen LogP contribution in [0.4, 0.5) is 5.69 Å². The van der Waals surface area contributed by atoms with Crippen molar-refractivity contribution in [2.45, 2.75) is 88.0 Å². The molecule has 1 amide bonds. The van der Waals surface area contributed by atoms with Gasteiger partial charge in [-0.15, -0.1) is 11.8 Å². The number of amides is 1. The lowest BCUT2D eigenvalue weighted by atomic mass is 9.57. The molecule has 1 aliphatic carbocycles. The van der Waals surface area contributed by atoms with Crippen LogP contribution in [0.3, 0.4) is 0 Å². The molecule has 6 nitrogen and oxygen atoms in total. The standard InChI is InChI=1S/C25H35NO5S/c1-15-8-9-20-16(2)21(10-11-22(27)26-17-6-5-7-18(14-17)32-4)28-23-25(20)19(15)12-13-24(3,29-23)30-31-25/h5-7,14-16,19-21,23H,8-13H2,1-4H3,(H,26,27)/t15-,16+,19+,20+,21-,23-,24+,25-/m1/s1. The summed E-state index contributed by atoms with van der Waals surface area (Å²) in [5.41, 5.74) is 0.301. The molecular weight excluding hydrogens is 426 g/mol. The molecule has 32 heavy (non-hydrogen) atoms. The second kappa shape index (κ2) is 8.58. The van der Waals surface area contributed by atoms with Gasteiger partial charge in [0.15, 0.2) is 11.9 Å². The van der Waals surface area contributed by atoms with Gasteiger partial charge in [0.1, 0.15) is 0 Å². The Labute approximate surface area is 195 Å². The van der Waals surface area contributed by atoms with E-state index in [0.717, 1.165) is 29.8 Å².